The molecule has 2 aromatic rings. The summed E-state index contributed by atoms with van der Waals surface area (Å²) in [7, 11) is -1.98. The Bertz CT molecular complexity index is 919. The summed E-state index contributed by atoms with van der Waals surface area (Å²) in [6.45, 7) is 3.14. The Morgan fingerprint density at radius 2 is 1.62 bits per heavy atom. The summed E-state index contributed by atoms with van der Waals surface area (Å²) in [5, 5.41) is 2.99. The lowest BCUT2D eigenvalue weighted by Gasteiger charge is -2.31. The number of ether oxygens (including phenoxy) is 2. The van der Waals surface area contributed by atoms with Gasteiger partial charge in [0.15, 0.2) is 0 Å². The molecule has 0 unspecified atom stereocenters. The predicted octanol–water partition coefficient (Wildman–Crippen LogP) is 2.68. The van der Waals surface area contributed by atoms with E-state index in [-0.39, 0.29) is 16.8 Å². The third kappa shape index (κ3) is 5.07. The second kappa shape index (κ2) is 9.28. The highest BCUT2D eigenvalue weighted by atomic mass is 32.2. The summed E-state index contributed by atoms with van der Waals surface area (Å²) in [6.07, 6.45) is 1.14. The molecule has 0 aromatic heterocycles. The SMILES string of the molecule is CCOc1ccc(S(=O)(=O)N2CCC(NC(=O)c3ccc(OC)cc3)CC2)cc1. The van der Waals surface area contributed by atoms with Gasteiger partial charge in [-0.3, -0.25) is 4.79 Å². The van der Waals surface area contributed by atoms with Crippen LogP contribution < -0.4 is 14.8 Å². The van der Waals surface area contributed by atoms with Gasteiger partial charge >= 0.3 is 0 Å². The number of methoxy groups -OCH3 is 1. The molecule has 8 heteroatoms. The number of rotatable bonds is 7. The number of nitrogens with one attached hydrogen (secondary N) is 1. The van der Waals surface area contributed by atoms with Crippen molar-refractivity contribution >= 4 is 15.9 Å². The standard InChI is InChI=1S/C21H26N2O5S/c1-3-28-19-8-10-20(11-9-19)29(25,26)23-14-12-17(13-15-23)22-21(24)16-4-6-18(27-2)7-5-16/h4-11,17H,3,12-15H2,1-2H3,(H,22,24). The summed E-state index contributed by atoms with van der Waals surface area (Å²) in [5.74, 6) is 1.17. The second-order valence-corrected chi connectivity index (χ2v) is 8.72. The van der Waals surface area contributed by atoms with Crippen LogP contribution in [0, 0.1) is 0 Å². The first-order valence-electron chi connectivity index (χ1n) is 9.62. The van der Waals surface area contributed by atoms with Crippen LogP contribution in [0.15, 0.2) is 53.4 Å². The normalized spacial score (nSPS) is 15.7. The number of carbonyl (C=O) groups excluding carboxylic acids is 1. The van der Waals surface area contributed by atoms with Crippen LogP contribution in [-0.2, 0) is 10.0 Å². The molecule has 1 fully saturated rings. The third-order valence-electron chi connectivity index (χ3n) is 4.91. The number of hydrogen-bond acceptors (Lipinski definition) is 5. The fourth-order valence-corrected chi connectivity index (χ4v) is 4.74. The van der Waals surface area contributed by atoms with Crippen LogP contribution in [0.3, 0.4) is 0 Å². The van der Waals surface area contributed by atoms with Gasteiger partial charge in [-0.15, -0.1) is 0 Å². The lowest BCUT2D eigenvalue weighted by atomic mass is 10.1. The zero-order valence-electron chi connectivity index (χ0n) is 16.6. The van der Waals surface area contributed by atoms with Crippen molar-refractivity contribution in [3.05, 3.63) is 54.1 Å². The van der Waals surface area contributed by atoms with E-state index in [2.05, 4.69) is 5.32 Å². The highest BCUT2D eigenvalue weighted by molar-refractivity contribution is 7.89. The van der Waals surface area contributed by atoms with Crippen molar-refractivity contribution in [1.29, 1.82) is 0 Å². The second-order valence-electron chi connectivity index (χ2n) is 6.78. The van der Waals surface area contributed by atoms with Gasteiger partial charge in [-0.1, -0.05) is 0 Å². The molecule has 7 nitrogen and oxygen atoms in total. The number of nitrogens with zero attached hydrogens (tertiary/aromatic N) is 1. The first kappa shape index (κ1) is 21.1. The molecular formula is C21H26N2O5S. The Morgan fingerprint density at radius 1 is 1.03 bits per heavy atom. The first-order chi connectivity index (χ1) is 13.9. The number of sulfonamides is 1. The molecule has 1 N–H and O–H groups in total. The van der Waals surface area contributed by atoms with Crippen LogP contribution in [-0.4, -0.2) is 51.5 Å². The largest absolute Gasteiger partial charge is 0.497 e. The molecule has 1 aliphatic rings. The van der Waals surface area contributed by atoms with Crippen LogP contribution in [0.1, 0.15) is 30.1 Å². The fraction of sp³-hybridized carbons (Fsp3) is 0.381. The van der Waals surface area contributed by atoms with E-state index < -0.39 is 10.0 Å². The molecule has 0 aliphatic carbocycles. The van der Waals surface area contributed by atoms with Gasteiger partial charge in [-0.2, -0.15) is 4.31 Å². The first-order valence-corrected chi connectivity index (χ1v) is 11.1. The minimum absolute atomic E-state index is 0.0589. The van der Waals surface area contributed by atoms with E-state index in [4.69, 9.17) is 9.47 Å². The minimum atomic E-state index is -3.55. The van der Waals surface area contributed by atoms with Crippen LogP contribution in [0.25, 0.3) is 0 Å². The summed E-state index contributed by atoms with van der Waals surface area (Å²) in [5.41, 5.74) is 0.551. The molecule has 1 amide bonds. The fourth-order valence-electron chi connectivity index (χ4n) is 3.28. The molecule has 2 aromatic carbocycles. The topological polar surface area (TPSA) is 84.9 Å². The quantitative estimate of drug-likeness (QED) is 0.747. The Morgan fingerprint density at radius 3 is 2.17 bits per heavy atom. The number of carbonyl (C=O) groups is 1. The van der Waals surface area contributed by atoms with E-state index in [0.717, 1.165) is 0 Å². The maximum atomic E-state index is 12.9. The van der Waals surface area contributed by atoms with E-state index in [1.165, 1.54) is 4.31 Å². The molecule has 0 radical (unpaired) electrons. The van der Waals surface area contributed by atoms with Crippen LogP contribution in [0.2, 0.25) is 0 Å². The van der Waals surface area contributed by atoms with Crippen molar-refractivity contribution in [3.8, 4) is 11.5 Å². The van der Waals surface area contributed by atoms with Gasteiger partial charge in [0.05, 0.1) is 18.6 Å². The Labute approximate surface area is 171 Å². The summed E-state index contributed by atoms with van der Waals surface area (Å²) in [6, 6.07) is 13.3. The maximum Gasteiger partial charge on any atom is 0.251 e. The molecular weight excluding hydrogens is 392 g/mol. The summed E-state index contributed by atoms with van der Waals surface area (Å²) >= 11 is 0. The number of hydrogen-bond donors (Lipinski definition) is 1. The predicted molar refractivity (Wildman–Crippen MR) is 110 cm³/mol. The molecule has 0 atom stereocenters. The van der Waals surface area contributed by atoms with Gasteiger partial charge in [0.2, 0.25) is 10.0 Å². The van der Waals surface area contributed by atoms with Crippen LogP contribution in [0.5, 0.6) is 11.5 Å². The van der Waals surface area contributed by atoms with E-state index in [0.29, 0.717) is 49.6 Å². The lowest BCUT2D eigenvalue weighted by Crippen LogP contribution is -2.46. The van der Waals surface area contributed by atoms with Gasteiger partial charge in [-0.25, -0.2) is 8.42 Å². The molecule has 29 heavy (non-hydrogen) atoms. The number of amides is 1. The zero-order valence-corrected chi connectivity index (χ0v) is 17.4. The molecule has 0 bridgehead atoms. The van der Waals surface area contributed by atoms with Crippen LogP contribution >= 0.6 is 0 Å². The maximum absolute atomic E-state index is 12.9. The molecule has 1 heterocycles. The van der Waals surface area contributed by atoms with Gasteiger partial charge in [0, 0.05) is 24.7 Å². The van der Waals surface area contributed by atoms with E-state index >= 15 is 0 Å². The van der Waals surface area contributed by atoms with Gasteiger partial charge in [-0.05, 0) is 68.3 Å². The smallest absolute Gasteiger partial charge is 0.251 e. The highest BCUT2D eigenvalue weighted by Gasteiger charge is 2.30. The molecule has 1 saturated heterocycles. The Hall–Kier alpha value is -2.58. The van der Waals surface area contributed by atoms with Crippen LogP contribution in [0.4, 0.5) is 0 Å². The summed E-state index contributed by atoms with van der Waals surface area (Å²) < 4.78 is 37.6. The molecule has 0 spiro atoms. The van der Waals surface area contributed by atoms with Crippen molar-refractivity contribution in [1.82, 2.24) is 9.62 Å². The minimum Gasteiger partial charge on any atom is -0.497 e. The average molecular weight is 419 g/mol. The molecule has 3 rings (SSSR count). The van der Waals surface area contributed by atoms with Crippen molar-refractivity contribution in [2.75, 3.05) is 26.8 Å². The van der Waals surface area contributed by atoms with Crippen molar-refractivity contribution in [2.45, 2.75) is 30.7 Å². The zero-order chi connectivity index (χ0) is 20.9. The lowest BCUT2D eigenvalue weighted by molar-refractivity contribution is 0.0924. The van der Waals surface area contributed by atoms with E-state index in [1.807, 2.05) is 6.92 Å². The van der Waals surface area contributed by atoms with Gasteiger partial charge < -0.3 is 14.8 Å². The summed E-state index contributed by atoms with van der Waals surface area (Å²) in [4.78, 5) is 12.7. The molecule has 156 valence electrons. The van der Waals surface area contributed by atoms with Gasteiger partial charge in [0.1, 0.15) is 11.5 Å². The van der Waals surface area contributed by atoms with Crippen molar-refractivity contribution in [2.24, 2.45) is 0 Å². The molecule has 0 saturated carbocycles. The number of benzene rings is 2. The highest BCUT2D eigenvalue weighted by Crippen LogP contribution is 2.23. The Balaban J connectivity index is 1.56. The monoisotopic (exact) mass is 418 g/mol. The van der Waals surface area contributed by atoms with Gasteiger partial charge in [0.25, 0.3) is 5.91 Å². The molecule has 1 aliphatic heterocycles. The number of piperidine rings is 1. The third-order valence-corrected chi connectivity index (χ3v) is 6.83. The van der Waals surface area contributed by atoms with Crippen molar-refractivity contribution < 1.29 is 22.7 Å². The van der Waals surface area contributed by atoms with E-state index in [9.17, 15) is 13.2 Å². The average Bonchev–Trinajstić information content (AvgIpc) is 2.75. The van der Waals surface area contributed by atoms with E-state index in [1.54, 1.807) is 55.6 Å². The Kier molecular flexibility index (Phi) is 6.76. The van der Waals surface area contributed by atoms with Crippen molar-refractivity contribution in [3.63, 3.8) is 0 Å².